The van der Waals surface area contributed by atoms with Crippen LogP contribution in [0.5, 0.6) is 5.75 Å². The molecule has 0 spiro atoms. The Morgan fingerprint density at radius 1 is 1.00 bits per heavy atom. The van der Waals surface area contributed by atoms with E-state index in [4.69, 9.17) is 0 Å². The van der Waals surface area contributed by atoms with E-state index >= 15 is 0 Å². The number of rotatable bonds is 10. The van der Waals surface area contributed by atoms with Crippen molar-refractivity contribution in [2.75, 3.05) is 40.5 Å². The van der Waals surface area contributed by atoms with Crippen LogP contribution in [0.25, 0.3) is 0 Å². The van der Waals surface area contributed by atoms with Crippen LogP contribution in [0.3, 0.4) is 0 Å². The highest BCUT2D eigenvalue weighted by atomic mass is 16.3. The average molecular weight is 528 g/mol. The van der Waals surface area contributed by atoms with E-state index in [0.717, 1.165) is 44.5 Å². The number of anilines is 5. The first-order valence-electron chi connectivity index (χ1n) is 13.2. The zero-order chi connectivity index (χ0) is 27.0. The van der Waals surface area contributed by atoms with Gasteiger partial charge in [-0.2, -0.15) is 15.0 Å². The van der Waals surface area contributed by atoms with Gasteiger partial charge < -0.3 is 30.5 Å². The number of benzene rings is 2. The topological polar surface area (TPSA) is 133 Å². The van der Waals surface area contributed by atoms with Gasteiger partial charge in [-0.15, -0.1) is 0 Å². The lowest BCUT2D eigenvalue weighted by Gasteiger charge is -2.27. The first-order valence-corrected chi connectivity index (χ1v) is 13.2. The summed E-state index contributed by atoms with van der Waals surface area (Å²) in [6.07, 6.45) is 9.80. The van der Waals surface area contributed by atoms with E-state index in [1.807, 2.05) is 29.8 Å². The molecular formula is C28H33N9O2. The molecule has 1 aliphatic heterocycles. The molecule has 1 aliphatic rings. The second-order valence-electron chi connectivity index (χ2n) is 9.59. The van der Waals surface area contributed by atoms with Crippen molar-refractivity contribution < 1.29 is 9.90 Å². The molecule has 0 unspecified atom stereocenters. The predicted molar refractivity (Wildman–Crippen MR) is 152 cm³/mol. The van der Waals surface area contributed by atoms with Gasteiger partial charge in [-0.3, -0.25) is 4.79 Å². The molecule has 2 aromatic carbocycles. The van der Waals surface area contributed by atoms with Gasteiger partial charge in [0.2, 0.25) is 17.8 Å². The summed E-state index contributed by atoms with van der Waals surface area (Å²) in [5, 5.41) is 19.9. The Labute approximate surface area is 227 Å². The summed E-state index contributed by atoms with van der Waals surface area (Å²) in [6, 6.07) is 12.2. The van der Waals surface area contributed by atoms with E-state index < -0.39 is 0 Å². The number of aryl methyl sites for hydroxylation is 2. The van der Waals surface area contributed by atoms with Gasteiger partial charge in [0.1, 0.15) is 5.75 Å². The van der Waals surface area contributed by atoms with Gasteiger partial charge in [-0.25, -0.2) is 4.98 Å². The fraction of sp³-hybridized carbons (Fsp3) is 0.321. The van der Waals surface area contributed by atoms with Crippen molar-refractivity contribution in [2.45, 2.75) is 39.2 Å². The summed E-state index contributed by atoms with van der Waals surface area (Å²) in [7, 11) is 0. The van der Waals surface area contributed by atoms with E-state index in [1.54, 1.807) is 36.8 Å². The standard InChI is InChI=1S/C28H33N9O2/c1-20-6-8-21(9-7-20)25(39)32-23-11-10-22(18-24(23)38)31-27-33-26(30-12-5-14-36-17-13-29-19-36)34-28(35-27)37-15-3-2-4-16-37/h6-11,13,17-19,38H,2-5,12,14-16H2,1H3,(H,32,39)(H2,30,31,33,34,35). The molecule has 2 aromatic heterocycles. The molecule has 202 valence electrons. The summed E-state index contributed by atoms with van der Waals surface area (Å²) < 4.78 is 2.03. The van der Waals surface area contributed by atoms with Crippen molar-refractivity contribution in [1.29, 1.82) is 0 Å². The van der Waals surface area contributed by atoms with Crippen LogP contribution in [0.1, 0.15) is 41.6 Å². The number of amides is 1. The molecule has 0 saturated carbocycles. The predicted octanol–water partition coefficient (Wildman–Crippen LogP) is 4.57. The molecule has 0 bridgehead atoms. The Balaban J connectivity index is 1.28. The van der Waals surface area contributed by atoms with Gasteiger partial charge in [0.25, 0.3) is 5.91 Å². The normalized spacial score (nSPS) is 13.2. The summed E-state index contributed by atoms with van der Waals surface area (Å²) in [4.78, 5) is 32.7. The highest BCUT2D eigenvalue weighted by molar-refractivity contribution is 6.05. The smallest absolute Gasteiger partial charge is 0.255 e. The highest BCUT2D eigenvalue weighted by Crippen LogP contribution is 2.29. The van der Waals surface area contributed by atoms with Crippen molar-refractivity contribution in [1.82, 2.24) is 24.5 Å². The maximum Gasteiger partial charge on any atom is 0.255 e. The van der Waals surface area contributed by atoms with E-state index in [-0.39, 0.29) is 11.7 Å². The molecule has 0 aliphatic carbocycles. The van der Waals surface area contributed by atoms with Crippen molar-refractivity contribution >= 4 is 35.1 Å². The van der Waals surface area contributed by atoms with Gasteiger partial charge >= 0.3 is 0 Å². The second-order valence-corrected chi connectivity index (χ2v) is 9.59. The van der Waals surface area contributed by atoms with E-state index in [1.165, 1.54) is 12.5 Å². The Bertz CT molecular complexity index is 1380. The van der Waals surface area contributed by atoms with E-state index in [0.29, 0.717) is 41.3 Å². The van der Waals surface area contributed by atoms with Gasteiger partial charge in [0.05, 0.1) is 12.0 Å². The fourth-order valence-corrected chi connectivity index (χ4v) is 4.36. The van der Waals surface area contributed by atoms with Crippen LogP contribution < -0.4 is 20.9 Å². The number of phenolic OH excluding ortho intramolecular Hbond substituents is 1. The molecule has 0 radical (unpaired) electrons. The Morgan fingerprint density at radius 3 is 2.54 bits per heavy atom. The lowest BCUT2D eigenvalue weighted by molar-refractivity contribution is 0.102. The SMILES string of the molecule is Cc1ccc(C(=O)Nc2ccc(Nc3nc(NCCCn4ccnc4)nc(N4CCCCC4)n3)cc2O)cc1. The molecule has 39 heavy (non-hydrogen) atoms. The van der Waals surface area contributed by atoms with Crippen LogP contribution in [0, 0.1) is 6.92 Å². The van der Waals surface area contributed by atoms with Crippen LogP contribution in [0.4, 0.5) is 29.2 Å². The van der Waals surface area contributed by atoms with Crippen molar-refractivity contribution in [3.8, 4) is 5.75 Å². The van der Waals surface area contributed by atoms with Gasteiger partial charge in [-0.05, 0) is 56.9 Å². The van der Waals surface area contributed by atoms with E-state index in [9.17, 15) is 9.90 Å². The van der Waals surface area contributed by atoms with Crippen LogP contribution in [-0.4, -0.2) is 55.2 Å². The number of carbonyl (C=O) groups is 1. The minimum absolute atomic E-state index is 0.0661. The number of piperidine rings is 1. The first kappa shape index (κ1) is 26.0. The van der Waals surface area contributed by atoms with Crippen molar-refractivity contribution in [2.24, 2.45) is 0 Å². The number of hydrogen-bond donors (Lipinski definition) is 4. The van der Waals surface area contributed by atoms with Crippen molar-refractivity contribution in [3.05, 3.63) is 72.3 Å². The third kappa shape index (κ3) is 7.01. The average Bonchev–Trinajstić information content (AvgIpc) is 3.47. The molecule has 1 saturated heterocycles. The molecule has 4 aromatic rings. The summed E-state index contributed by atoms with van der Waals surface area (Å²) >= 11 is 0. The zero-order valence-electron chi connectivity index (χ0n) is 22.0. The zero-order valence-corrected chi connectivity index (χ0v) is 22.0. The minimum atomic E-state index is -0.293. The maximum absolute atomic E-state index is 12.6. The van der Waals surface area contributed by atoms with Gasteiger partial charge in [0, 0.05) is 55.9 Å². The Kier molecular flexibility index (Phi) is 8.15. The molecule has 4 N–H and O–H groups in total. The number of phenols is 1. The molecule has 3 heterocycles. The highest BCUT2D eigenvalue weighted by Gasteiger charge is 2.17. The fourth-order valence-electron chi connectivity index (χ4n) is 4.36. The number of imidazole rings is 1. The third-order valence-electron chi connectivity index (χ3n) is 6.51. The van der Waals surface area contributed by atoms with Gasteiger partial charge in [0.15, 0.2) is 0 Å². The molecule has 11 heteroatoms. The van der Waals surface area contributed by atoms with Crippen LogP contribution >= 0.6 is 0 Å². The number of aromatic nitrogens is 5. The van der Waals surface area contributed by atoms with E-state index in [2.05, 4.69) is 40.8 Å². The first-order chi connectivity index (χ1) is 19.0. The van der Waals surface area contributed by atoms with Crippen molar-refractivity contribution in [3.63, 3.8) is 0 Å². The van der Waals surface area contributed by atoms with Crippen LogP contribution in [-0.2, 0) is 6.54 Å². The molecule has 0 atom stereocenters. The number of hydrogen-bond acceptors (Lipinski definition) is 9. The van der Waals surface area contributed by atoms with Gasteiger partial charge in [-0.1, -0.05) is 17.7 Å². The second kappa shape index (κ2) is 12.2. The molecular weight excluding hydrogens is 494 g/mol. The summed E-state index contributed by atoms with van der Waals surface area (Å²) in [5.41, 5.74) is 2.49. The number of carbonyl (C=O) groups excluding carboxylic acids is 1. The number of aromatic hydroxyl groups is 1. The summed E-state index contributed by atoms with van der Waals surface area (Å²) in [5.74, 6) is 1.13. The molecule has 11 nitrogen and oxygen atoms in total. The monoisotopic (exact) mass is 527 g/mol. The Hall–Kier alpha value is -4.67. The third-order valence-corrected chi connectivity index (χ3v) is 6.51. The van der Waals surface area contributed by atoms with Crippen LogP contribution in [0.15, 0.2) is 61.2 Å². The maximum atomic E-state index is 12.6. The summed E-state index contributed by atoms with van der Waals surface area (Å²) in [6.45, 7) is 5.30. The number of nitrogens with zero attached hydrogens (tertiary/aromatic N) is 6. The lowest BCUT2D eigenvalue weighted by atomic mass is 10.1. The molecule has 5 rings (SSSR count). The minimum Gasteiger partial charge on any atom is -0.506 e. The number of nitrogens with one attached hydrogen (secondary N) is 3. The lowest BCUT2D eigenvalue weighted by Crippen LogP contribution is -2.31. The Morgan fingerprint density at radius 2 is 1.79 bits per heavy atom. The molecule has 1 amide bonds. The molecule has 1 fully saturated rings. The van der Waals surface area contributed by atoms with Crippen LogP contribution in [0.2, 0.25) is 0 Å². The largest absolute Gasteiger partial charge is 0.506 e. The quantitative estimate of drug-likeness (QED) is 0.173.